The summed E-state index contributed by atoms with van der Waals surface area (Å²) in [7, 11) is 6.19. The Morgan fingerprint density at radius 2 is 1.52 bits per heavy atom. The van der Waals surface area contributed by atoms with E-state index >= 15 is 0 Å². The normalized spacial score (nSPS) is 10.8. The number of anilines is 2. The van der Waals surface area contributed by atoms with E-state index in [1.807, 2.05) is 42.5 Å². The SMILES string of the molecule is CN(C)CCNc1cc(N(C)Cc2ccccc2)nc(-c2ccccc2)n1. The zero-order valence-electron chi connectivity index (χ0n) is 16.3. The van der Waals surface area contributed by atoms with Gasteiger partial charge in [0.2, 0.25) is 0 Å². The molecule has 0 saturated heterocycles. The summed E-state index contributed by atoms with van der Waals surface area (Å²) in [6.45, 7) is 2.57. The van der Waals surface area contributed by atoms with Crippen molar-refractivity contribution in [2.75, 3.05) is 44.4 Å². The molecular formula is C22H27N5. The number of benzene rings is 2. The van der Waals surface area contributed by atoms with Crippen LogP contribution < -0.4 is 10.2 Å². The standard InChI is InChI=1S/C22H27N5/c1-26(2)15-14-23-20-16-21(27(3)17-18-10-6-4-7-11-18)25-22(24-20)19-12-8-5-9-13-19/h4-13,16H,14-15,17H2,1-3H3,(H,23,24,25). The van der Waals surface area contributed by atoms with E-state index in [0.717, 1.165) is 42.7 Å². The molecule has 140 valence electrons. The van der Waals surface area contributed by atoms with E-state index in [1.165, 1.54) is 5.56 Å². The lowest BCUT2D eigenvalue weighted by Gasteiger charge is -2.20. The number of hydrogen-bond acceptors (Lipinski definition) is 5. The predicted octanol–water partition coefficient (Wildman–Crippen LogP) is 3.75. The summed E-state index contributed by atoms with van der Waals surface area (Å²) in [6, 6.07) is 22.6. The van der Waals surface area contributed by atoms with Gasteiger partial charge in [-0.3, -0.25) is 0 Å². The molecule has 0 unspecified atom stereocenters. The average Bonchev–Trinajstić information content (AvgIpc) is 2.69. The van der Waals surface area contributed by atoms with Gasteiger partial charge in [-0.15, -0.1) is 0 Å². The van der Waals surface area contributed by atoms with Crippen molar-refractivity contribution in [3.05, 3.63) is 72.3 Å². The molecule has 0 atom stereocenters. The fraction of sp³-hybridized carbons (Fsp3) is 0.273. The Morgan fingerprint density at radius 1 is 0.852 bits per heavy atom. The van der Waals surface area contributed by atoms with E-state index in [4.69, 9.17) is 9.97 Å². The Balaban J connectivity index is 1.86. The Labute approximate surface area is 161 Å². The van der Waals surface area contributed by atoms with E-state index in [9.17, 15) is 0 Å². The van der Waals surface area contributed by atoms with Gasteiger partial charge in [0.05, 0.1) is 0 Å². The molecule has 27 heavy (non-hydrogen) atoms. The molecular weight excluding hydrogens is 334 g/mol. The number of aromatic nitrogens is 2. The third kappa shape index (κ3) is 5.53. The summed E-state index contributed by atoms with van der Waals surface area (Å²) in [5.74, 6) is 2.49. The zero-order valence-corrected chi connectivity index (χ0v) is 16.3. The average molecular weight is 361 g/mol. The largest absolute Gasteiger partial charge is 0.369 e. The predicted molar refractivity (Wildman–Crippen MR) is 113 cm³/mol. The molecule has 0 saturated carbocycles. The Kier molecular flexibility index (Phi) is 6.39. The quantitative estimate of drug-likeness (QED) is 0.662. The zero-order chi connectivity index (χ0) is 19.1. The van der Waals surface area contributed by atoms with Crippen molar-refractivity contribution in [3.63, 3.8) is 0 Å². The van der Waals surface area contributed by atoms with Crippen LogP contribution in [-0.2, 0) is 6.54 Å². The number of nitrogens with one attached hydrogen (secondary N) is 1. The molecule has 1 aromatic heterocycles. The molecule has 0 bridgehead atoms. The lowest BCUT2D eigenvalue weighted by molar-refractivity contribution is 0.425. The minimum atomic E-state index is 0.736. The third-order valence-electron chi connectivity index (χ3n) is 4.26. The van der Waals surface area contributed by atoms with Crippen molar-refractivity contribution in [3.8, 4) is 11.4 Å². The monoisotopic (exact) mass is 361 g/mol. The van der Waals surface area contributed by atoms with Crippen molar-refractivity contribution < 1.29 is 0 Å². The fourth-order valence-electron chi connectivity index (χ4n) is 2.78. The maximum Gasteiger partial charge on any atom is 0.163 e. The first kappa shape index (κ1) is 18.9. The maximum absolute atomic E-state index is 4.81. The van der Waals surface area contributed by atoms with Gasteiger partial charge in [0.1, 0.15) is 11.6 Å². The first-order chi connectivity index (χ1) is 13.1. The molecule has 5 heteroatoms. The van der Waals surface area contributed by atoms with E-state index in [-0.39, 0.29) is 0 Å². The van der Waals surface area contributed by atoms with Crippen LogP contribution in [-0.4, -0.2) is 49.1 Å². The molecule has 0 fully saturated rings. The van der Waals surface area contributed by atoms with Gasteiger partial charge in [-0.1, -0.05) is 60.7 Å². The van der Waals surface area contributed by atoms with Crippen LogP contribution in [0.25, 0.3) is 11.4 Å². The van der Waals surface area contributed by atoms with Gasteiger partial charge in [0, 0.05) is 38.3 Å². The van der Waals surface area contributed by atoms with Crippen LogP contribution in [0.1, 0.15) is 5.56 Å². The van der Waals surface area contributed by atoms with Crippen molar-refractivity contribution in [1.82, 2.24) is 14.9 Å². The summed E-state index contributed by atoms with van der Waals surface area (Å²) in [5, 5.41) is 3.43. The van der Waals surface area contributed by atoms with E-state index in [1.54, 1.807) is 0 Å². The van der Waals surface area contributed by atoms with E-state index in [0.29, 0.717) is 0 Å². The first-order valence-electron chi connectivity index (χ1n) is 9.20. The van der Waals surface area contributed by atoms with Gasteiger partial charge in [-0.25, -0.2) is 9.97 Å². The molecule has 5 nitrogen and oxygen atoms in total. The van der Waals surface area contributed by atoms with Gasteiger partial charge in [-0.05, 0) is 19.7 Å². The summed E-state index contributed by atoms with van der Waals surface area (Å²) < 4.78 is 0. The summed E-state index contributed by atoms with van der Waals surface area (Å²) in [6.07, 6.45) is 0. The van der Waals surface area contributed by atoms with Crippen LogP contribution in [0.5, 0.6) is 0 Å². The number of likely N-dealkylation sites (N-methyl/N-ethyl adjacent to an activating group) is 1. The molecule has 0 amide bonds. The van der Waals surface area contributed by atoms with Crippen molar-refractivity contribution in [2.24, 2.45) is 0 Å². The molecule has 2 aromatic carbocycles. The smallest absolute Gasteiger partial charge is 0.163 e. The van der Waals surface area contributed by atoms with Crippen LogP contribution in [0.3, 0.4) is 0 Å². The van der Waals surface area contributed by atoms with Crippen LogP contribution >= 0.6 is 0 Å². The molecule has 0 radical (unpaired) electrons. The lowest BCUT2D eigenvalue weighted by atomic mass is 10.2. The van der Waals surface area contributed by atoms with Gasteiger partial charge < -0.3 is 15.1 Å². The molecule has 0 aliphatic heterocycles. The molecule has 3 aromatic rings. The second kappa shape index (κ2) is 9.14. The van der Waals surface area contributed by atoms with Crippen LogP contribution in [0.15, 0.2) is 66.7 Å². The Hall–Kier alpha value is -2.92. The maximum atomic E-state index is 4.81. The molecule has 0 aliphatic rings. The van der Waals surface area contributed by atoms with Gasteiger partial charge in [-0.2, -0.15) is 0 Å². The van der Waals surface area contributed by atoms with Gasteiger partial charge in [0.25, 0.3) is 0 Å². The first-order valence-corrected chi connectivity index (χ1v) is 9.20. The summed E-state index contributed by atoms with van der Waals surface area (Å²) >= 11 is 0. The van der Waals surface area contributed by atoms with Crippen LogP contribution in [0.4, 0.5) is 11.6 Å². The van der Waals surface area contributed by atoms with Gasteiger partial charge in [0.15, 0.2) is 5.82 Å². The lowest BCUT2D eigenvalue weighted by Crippen LogP contribution is -2.22. The number of nitrogens with zero attached hydrogens (tertiary/aromatic N) is 4. The minimum absolute atomic E-state index is 0.736. The van der Waals surface area contributed by atoms with E-state index < -0.39 is 0 Å². The number of rotatable bonds is 8. The van der Waals surface area contributed by atoms with Crippen LogP contribution in [0.2, 0.25) is 0 Å². The molecule has 1 N–H and O–H groups in total. The Bertz CT molecular complexity index is 834. The second-order valence-corrected chi connectivity index (χ2v) is 6.87. The number of hydrogen-bond donors (Lipinski definition) is 1. The van der Waals surface area contributed by atoms with Crippen LogP contribution in [0, 0.1) is 0 Å². The topological polar surface area (TPSA) is 44.3 Å². The third-order valence-corrected chi connectivity index (χ3v) is 4.26. The highest BCUT2D eigenvalue weighted by atomic mass is 15.2. The van der Waals surface area contributed by atoms with Crippen molar-refractivity contribution in [2.45, 2.75) is 6.54 Å². The summed E-state index contributed by atoms with van der Waals surface area (Å²) in [4.78, 5) is 13.8. The fourth-order valence-corrected chi connectivity index (χ4v) is 2.78. The van der Waals surface area contributed by atoms with E-state index in [2.05, 4.69) is 60.5 Å². The molecule has 0 aliphatic carbocycles. The highest BCUT2D eigenvalue weighted by Crippen LogP contribution is 2.22. The minimum Gasteiger partial charge on any atom is -0.369 e. The Morgan fingerprint density at radius 3 is 2.19 bits per heavy atom. The highest BCUT2D eigenvalue weighted by Gasteiger charge is 2.11. The van der Waals surface area contributed by atoms with Crippen molar-refractivity contribution >= 4 is 11.6 Å². The second-order valence-electron chi connectivity index (χ2n) is 6.87. The van der Waals surface area contributed by atoms with Gasteiger partial charge >= 0.3 is 0 Å². The summed E-state index contributed by atoms with van der Waals surface area (Å²) in [5.41, 5.74) is 2.27. The molecule has 1 heterocycles. The molecule has 3 rings (SSSR count). The highest BCUT2D eigenvalue weighted by molar-refractivity contribution is 5.61. The molecule has 0 spiro atoms. The van der Waals surface area contributed by atoms with Crippen molar-refractivity contribution in [1.29, 1.82) is 0 Å².